The summed E-state index contributed by atoms with van der Waals surface area (Å²) in [6.45, 7) is 8.45. The van der Waals surface area contributed by atoms with Gasteiger partial charge in [0.1, 0.15) is 6.10 Å². The van der Waals surface area contributed by atoms with Crippen LogP contribution in [-0.4, -0.2) is 58.2 Å². The maximum Gasteiger partial charge on any atom is 0.310 e. The number of ether oxygens (including phenoxy) is 2. The number of nitrogens with zero attached hydrogens (tertiary/aromatic N) is 2. The smallest absolute Gasteiger partial charge is 0.310 e. The number of imidazole rings is 1. The van der Waals surface area contributed by atoms with Crippen molar-refractivity contribution in [2.75, 3.05) is 24.7 Å². The van der Waals surface area contributed by atoms with Crippen LogP contribution in [0.1, 0.15) is 168 Å². The Hall–Kier alpha value is -2.03. The van der Waals surface area contributed by atoms with Crippen LogP contribution in [-0.2, 0) is 30.4 Å². The summed E-state index contributed by atoms with van der Waals surface area (Å²) in [6, 6.07) is 0. The molecule has 1 amide bonds. The Labute approximate surface area is 298 Å². The lowest BCUT2D eigenvalue weighted by molar-refractivity contribution is -0.155. The number of hydrogen-bond donors (Lipinski definition) is 1. The van der Waals surface area contributed by atoms with Crippen molar-refractivity contribution in [2.24, 2.45) is 5.92 Å². The summed E-state index contributed by atoms with van der Waals surface area (Å²) in [5, 5.41) is 2.99. The molecule has 0 radical (unpaired) electrons. The van der Waals surface area contributed by atoms with E-state index < -0.39 is 5.92 Å². The van der Waals surface area contributed by atoms with E-state index in [4.69, 9.17) is 9.47 Å². The van der Waals surface area contributed by atoms with Gasteiger partial charge >= 0.3 is 11.9 Å². The Kier molecular flexibility index (Phi) is 29.5. The number of carbonyl (C=O) groups excluding carboxylic acids is 3. The molecule has 1 N–H and O–H groups in total. The monoisotopic (exact) mass is 694 g/mol. The van der Waals surface area contributed by atoms with Gasteiger partial charge in [-0.05, 0) is 38.5 Å². The number of amides is 1. The maximum atomic E-state index is 13.6. The van der Waals surface area contributed by atoms with Crippen LogP contribution in [0.15, 0.2) is 18.7 Å². The number of aryl methyl sites for hydroxylation is 1. The molecule has 0 saturated heterocycles. The van der Waals surface area contributed by atoms with Gasteiger partial charge in [-0.2, -0.15) is 11.8 Å². The second kappa shape index (κ2) is 32.2. The van der Waals surface area contributed by atoms with E-state index in [2.05, 4.69) is 31.1 Å². The van der Waals surface area contributed by atoms with E-state index in [0.29, 0.717) is 31.1 Å². The number of unbranched alkanes of at least 4 members (excludes halogenated alkanes) is 15. The van der Waals surface area contributed by atoms with Crippen molar-refractivity contribution in [1.82, 2.24) is 14.9 Å². The lowest BCUT2D eigenvalue weighted by Crippen LogP contribution is -2.33. The fraction of sp³-hybridized carbons (Fsp3) is 0.846. The summed E-state index contributed by atoms with van der Waals surface area (Å²) in [7, 11) is 0. The predicted octanol–water partition coefficient (Wildman–Crippen LogP) is 9.84. The van der Waals surface area contributed by atoms with E-state index in [1.54, 1.807) is 12.5 Å². The van der Waals surface area contributed by atoms with E-state index in [1.807, 2.05) is 10.8 Å². The molecule has 1 aromatic heterocycles. The van der Waals surface area contributed by atoms with Crippen LogP contribution in [0.5, 0.6) is 0 Å². The summed E-state index contributed by atoms with van der Waals surface area (Å²) in [4.78, 5) is 42.9. The first-order valence-electron chi connectivity index (χ1n) is 19.7. The second-order valence-corrected chi connectivity index (χ2v) is 14.5. The topological polar surface area (TPSA) is 99.5 Å². The quantitative estimate of drug-likeness (QED) is 0.0567. The molecular formula is C39H71N3O5S. The van der Waals surface area contributed by atoms with Gasteiger partial charge in [0.05, 0.1) is 25.3 Å². The first kappa shape index (κ1) is 44.0. The molecule has 0 bridgehead atoms. The molecular weight excluding hydrogens is 623 g/mol. The summed E-state index contributed by atoms with van der Waals surface area (Å²) >= 11 is 1.53. The minimum atomic E-state index is -0.542. The Bertz CT molecular complexity index is 882. The van der Waals surface area contributed by atoms with Crippen LogP contribution in [0.3, 0.4) is 0 Å². The van der Waals surface area contributed by atoms with Crippen molar-refractivity contribution in [3.05, 3.63) is 18.7 Å². The van der Waals surface area contributed by atoms with E-state index in [0.717, 1.165) is 51.5 Å². The number of thioether (sulfide) groups is 1. The summed E-state index contributed by atoms with van der Waals surface area (Å²) in [5.74, 6) is -0.131. The Balaban J connectivity index is 2.64. The number of carbonyl (C=O) groups is 3. The van der Waals surface area contributed by atoms with Crippen molar-refractivity contribution >= 4 is 29.6 Å². The SMILES string of the molecule is CCCCCCCCOC(=O)CCSCC(CC(=O)NCCCn1ccnc1)C(=O)OC(CCCCCCCC)CCCCCCCC. The standard InChI is InChI=1S/C39H71N3O5S/c1-4-7-10-13-16-19-23-36(24-20-17-14-11-8-5-2)47-39(45)35(32-37(43)41-26-22-28-42-29-27-40-34-42)33-48-31-25-38(44)46-30-21-18-15-12-9-6-3/h27,29,34-36H,4-26,28,30-33H2,1-3H3,(H,41,43). The molecule has 1 unspecified atom stereocenters. The molecule has 9 heteroatoms. The molecule has 0 aliphatic rings. The molecule has 0 aromatic carbocycles. The number of aromatic nitrogens is 2. The lowest BCUT2D eigenvalue weighted by atomic mass is 10.0. The zero-order valence-corrected chi connectivity index (χ0v) is 31.8. The van der Waals surface area contributed by atoms with Gasteiger partial charge in [-0.15, -0.1) is 0 Å². The van der Waals surface area contributed by atoms with Gasteiger partial charge in [-0.1, -0.05) is 117 Å². The van der Waals surface area contributed by atoms with Crippen molar-refractivity contribution in [1.29, 1.82) is 0 Å². The van der Waals surface area contributed by atoms with Crippen molar-refractivity contribution < 1.29 is 23.9 Å². The van der Waals surface area contributed by atoms with Crippen molar-refractivity contribution in [3.63, 3.8) is 0 Å². The number of hydrogen-bond acceptors (Lipinski definition) is 7. The molecule has 0 saturated carbocycles. The van der Waals surface area contributed by atoms with Crippen LogP contribution >= 0.6 is 11.8 Å². The Morgan fingerprint density at radius 1 is 0.771 bits per heavy atom. The zero-order valence-electron chi connectivity index (χ0n) is 31.0. The van der Waals surface area contributed by atoms with Gasteiger partial charge in [-0.3, -0.25) is 14.4 Å². The normalized spacial score (nSPS) is 11.9. The number of nitrogens with one attached hydrogen (secondary N) is 1. The van der Waals surface area contributed by atoms with Crippen molar-refractivity contribution in [2.45, 2.75) is 181 Å². The molecule has 0 aliphatic heterocycles. The van der Waals surface area contributed by atoms with Crippen molar-refractivity contribution in [3.8, 4) is 0 Å². The lowest BCUT2D eigenvalue weighted by Gasteiger charge is -2.22. The van der Waals surface area contributed by atoms with E-state index in [1.165, 1.54) is 102 Å². The molecule has 48 heavy (non-hydrogen) atoms. The second-order valence-electron chi connectivity index (χ2n) is 13.4. The highest BCUT2D eigenvalue weighted by atomic mass is 32.2. The number of rotatable bonds is 34. The molecule has 1 rings (SSSR count). The Morgan fingerprint density at radius 2 is 1.35 bits per heavy atom. The fourth-order valence-electron chi connectivity index (χ4n) is 5.76. The molecule has 0 spiro atoms. The van der Waals surface area contributed by atoms with Crippen LogP contribution in [0.2, 0.25) is 0 Å². The van der Waals surface area contributed by atoms with Crippen LogP contribution in [0.25, 0.3) is 0 Å². The van der Waals surface area contributed by atoms with Gasteiger partial charge in [0.15, 0.2) is 0 Å². The van der Waals surface area contributed by atoms with E-state index in [9.17, 15) is 14.4 Å². The van der Waals surface area contributed by atoms with E-state index in [-0.39, 0.29) is 30.4 Å². The highest BCUT2D eigenvalue weighted by molar-refractivity contribution is 7.99. The molecule has 8 nitrogen and oxygen atoms in total. The predicted molar refractivity (Wildman–Crippen MR) is 200 cm³/mol. The van der Waals surface area contributed by atoms with Gasteiger partial charge in [0.2, 0.25) is 5.91 Å². The van der Waals surface area contributed by atoms with Gasteiger partial charge < -0.3 is 19.4 Å². The maximum absolute atomic E-state index is 13.6. The highest BCUT2D eigenvalue weighted by Gasteiger charge is 2.26. The number of esters is 2. The average molecular weight is 694 g/mol. The molecule has 1 aromatic rings. The summed E-state index contributed by atoms with van der Waals surface area (Å²) < 4.78 is 13.6. The highest BCUT2D eigenvalue weighted by Crippen LogP contribution is 2.21. The fourth-order valence-corrected chi connectivity index (χ4v) is 6.78. The average Bonchev–Trinajstić information content (AvgIpc) is 3.60. The largest absolute Gasteiger partial charge is 0.466 e. The minimum Gasteiger partial charge on any atom is -0.466 e. The zero-order chi connectivity index (χ0) is 34.9. The van der Waals surface area contributed by atoms with Gasteiger partial charge in [0, 0.05) is 43.4 Å². The first-order chi connectivity index (χ1) is 23.5. The van der Waals surface area contributed by atoms with E-state index >= 15 is 0 Å². The third-order valence-electron chi connectivity index (χ3n) is 8.81. The van der Waals surface area contributed by atoms with Crippen LogP contribution in [0, 0.1) is 5.92 Å². The third kappa shape index (κ3) is 25.9. The summed E-state index contributed by atoms with van der Waals surface area (Å²) in [5.41, 5.74) is 0. The summed E-state index contributed by atoms with van der Waals surface area (Å²) in [6.07, 6.45) is 29.7. The van der Waals surface area contributed by atoms with Crippen LogP contribution in [0.4, 0.5) is 0 Å². The third-order valence-corrected chi connectivity index (χ3v) is 9.94. The molecule has 0 fully saturated rings. The Morgan fingerprint density at radius 3 is 1.94 bits per heavy atom. The van der Waals surface area contributed by atoms with Gasteiger partial charge in [-0.25, -0.2) is 4.98 Å². The molecule has 0 aliphatic carbocycles. The minimum absolute atomic E-state index is 0.0974. The van der Waals surface area contributed by atoms with Crippen LogP contribution < -0.4 is 5.32 Å². The van der Waals surface area contributed by atoms with Gasteiger partial charge in [0.25, 0.3) is 0 Å². The first-order valence-corrected chi connectivity index (χ1v) is 20.8. The molecule has 1 atom stereocenters. The molecule has 1 heterocycles. The molecule has 278 valence electrons.